The Balaban J connectivity index is 2.24. The summed E-state index contributed by atoms with van der Waals surface area (Å²) >= 11 is 0. The molecule has 2 nitrogen and oxygen atoms in total. The zero-order valence-electron chi connectivity index (χ0n) is 4.89. The van der Waals surface area contributed by atoms with Crippen molar-refractivity contribution in [3.05, 3.63) is 24.2 Å². The number of ether oxygens (including phenoxy) is 1. The molecular formula is C7H6O2. The van der Waals surface area contributed by atoms with Crippen LogP contribution < -0.4 is 0 Å². The van der Waals surface area contributed by atoms with E-state index in [-0.39, 0.29) is 11.7 Å². The molecule has 0 spiro atoms. The van der Waals surface area contributed by atoms with Gasteiger partial charge in [-0.05, 0) is 0 Å². The molecule has 0 saturated carbocycles. The SMILES string of the molecule is C=CC1CC2=C(O2)C1=O. The van der Waals surface area contributed by atoms with Gasteiger partial charge in [0.15, 0.2) is 5.76 Å². The predicted molar refractivity (Wildman–Crippen MR) is 31.4 cm³/mol. The molecule has 0 radical (unpaired) electrons. The maximum absolute atomic E-state index is 10.9. The average molecular weight is 122 g/mol. The zero-order valence-corrected chi connectivity index (χ0v) is 4.89. The summed E-state index contributed by atoms with van der Waals surface area (Å²) in [4.78, 5) is 10.9. The van der Waals surface area contributed by atoms with E-state index in [1.807, 2.05) is 0 Å². The highest BCUT2D eigenvalue weighted by Crippen LogP contribution is 2.42. The first-order valence-corrected chi connectivity index (χ1v) is 2.90. The van der Waals surface area contributed by atoms with Gasteiger partial charge in [-0.15, -0.1) is 6.58 Å². The third-order valence-electron chi connectivity index (χ3n) is 1.69. The second-order valence-corrected chi connectivity index (χ2v) is 2.26. The Bertz CT molecular complexity index is 225. The van der Waals surface area contributed by atoms with Crippen LogP contribution in [-0.2, 0) is 9.53 Å². The van der Waals surface area contributed by atoms with Gasteiger partial charge in [0.05, 0.1) is 5.92 Å². The van der Waals surface area contributed by atoms with E-state index in [1.54, 1.807) is 6.08 Å². The molecule has 46 valence electrons. The highest BCUT2D eigenvalue weighted by atomic mass is 16.6. The molecule has 2 heteroatoms. The molecule has 1 unspecified atom stereocenters. The first-order chi connectivity index (χ1) is 4.33. The Labute approximate surface area is 52.8 Å². The number of hydrogen-bond acceptors (Lipinski definition) is 2. The molecule has 2 aliphatic rings. The van der Waals surface area contributed by atoms with Gasteiger partial charge < -0.3 is 4.74 Å². The monoisotopic (exact) mass is 122 g/mol. The number of hydrogen-bond donors (Lipinski definition) is 0. The Morgan fingerprint density at radius 3 is 2.89 bits per heavy atom. The summed E-state index contributed by atoms with van der Waals surface area (Å²) < 4.78 is 4.83. The average Bonchev–Trinajstić information content (AvgIpc) is 2.55. The smallest absolute Gasteiger partial charge is 0.208 e. The maximum Gasteiger partial charge on any atom is 0.208 e. The highest BCUT2D eigenvalue weighted by molar-refractivity contribution is 6.02. The van der Waals surface area contributed by atoms with Gasteiger partial charge in [-0.25, -0.2) is 0 Å². The fourth-order valence-corrected chi connectivity index (χ4v) is 1.07. The third kappa shape index (κ3) is 0.474. The lowest BCUT2D eigenvalue weighted by atomic mass is 10.1. The molecule has 0 saturated heterocycles. The minimum atomic E-state index is 0.0174. The minimum absolute atomic E-state index is 0.0174. The number of rotatable bonds is 1. The molecule has 1 aliphatic heterocycles. The first-order valence-electron chi connectivity index (χ1n) is 2.90. The molecule has 0 fully saturated rings. The molecule has 9 heavy (non-hydrogen) atoms. The molecule has 2 rings (SSSR count). The van der Waals surface area contributed by atoms with Crippen LogP contribution in [0.5, 0.6) is 0 Å². The van der Waals surface area contributed by atoms with Crippen molar-refractivity contribution in [1.29, 1.82) is 0 Å². The van der Waals surface area contributed by atoms with E-state index in [9.17, 15) is 4.79 Å². The van der Waals surface area contributed by atoms with Crippen molar-refractivity contribution in [2.45, 2.75) is 6.42 Å². The van der Waals surface area contributed by atoms with Gasteiger partial charge in [0.2, 0.25) is 11.5 Å². The van der Waals surface area contributed by atoms with E-state index in [0.29, 0.717) is 5.76 Å². The molecular weight excluding hydrogens is 116 g/mol. The molecule has 1 atom stereocenters. The topological polar surface area (TPSA) is 29.6 Å². The van der Waals surface area contributed by atoms with Crippen LogP contribution in [0.4, 0.5) is 0 Å². The summed E-state index contributed by atoms with van der Waals surface area (Å²) in [6.07, 6.45) is 2.43. The van der Waals surface area contributed by atoms with E-state index >= 15 is 0 Å². The molecule has 1 heterocycles. The number of carbonyl (C=O) groups is 1. The summed E-state index contributed by atoms with van der Waals surface area (Å²) in [6.45, 7) is 3.55. The van der Waals surface area contributed by atoms with Gasteiger partial charge in [-0.1, -0.05) is 6.08 Å². The lowest BCUT2D eigenvalue weighted by molar-refractivity contribution is -0.119. The number of ketones is 1. The molecule has 0 aromatic heterocycles. The van der Waals surface area contributed by atoms with Gasteiger partial charge in [-0.2, -0.15) is 0 Å². The van der Waals surface area contributed by atoms with Crippen molar-refractivity contribution in [3.8, 4) is 0 Å². The van der Waals surface area contributed by atoms with Gasteiger partial charge in [0, 0.05) is 6.42 Å². The van der Waals surface area contributed by atoms with Crippen molar-refractivity contribution < 1.29 is 9.53 Å². The minimum Gasteiger partial charge on any atom is -0.450 e. The Morgan fingerprint density at radius 2 is 2.56 bits per heavy atom. The quantitative estimate of drug-likeness (QED) is 0.485. The van der Waals surface area contributed by atoms with Crippen LogP contribution in [0.1, 0.15) is 6.42 Å². The Hall–Kier alpha value is -1.05. The zero-order chi connectivity index (χ0) is 6.43. The van der Waals surface area contributed by atoms with Crippen LogP contribution in [0.15, 0.2) is 24.2 Å². The summed E-state index contributed by atoms with van der Waals surface area (Å²) in [6, 6.07) is 0. The van der Waals surface area contributed by atoms with Crippen molar-refractivity contribution in [1.82, 2.24) is 0 Å². The lowest BCUT2D eigenvalue weighted by Crippen LogP contribution is -2.07. The van der Waals surface area contributed by atoms with E-state index in [0.717, 1.165) is 12.2 Å². The summed E-state index contributed by atoms with van der Waals surface area (Å²) in [5.74, 6) is 1.61. The first kappa shape index (κ1) is 4.79. The second kappa shape index (κ2) is 1.26. The summed E-state index contributed by atoms with van der Waals surface area (Å²) in [7, 11) is 0. The van der Waals surface area contributed by atoms with Crippen LogP contribution in [-0.4, -0.2) is 5.78 Å². The fourth-order valence-electron chi connectivity index (χ4n) is 1.07. The number of carbonyl (C=O) groups excluding carboxylic acids is 1. The van der Waals surface area contributed by atoms with Crippen molar-refractivity contribution in [2.24, 2.45) is 5.92 Å². The van der Waals surface area contributed by atoms with Crippen LogP contribution in [0.2, 0.25) is 0 Å². The lowest BCUT2D eigenvalue weighted by Gasteiger charge is -2.01. The van der Waals surface area contributed by atoms with Gasteiger partial charge >= 0.3 is 0 Å². The van der Waals surface area contributed by atoms with Crippen molar-refractivity contribution >= 4 is 5.78 Å². The second-order valence-electron chi connectivity index (χ2n) is 2.26. The van der Waals surface area contributed by atoms with Crippen LogP contribution in [0.25, 0.3) is 0 Å². The highest BCUT2D eigenvalue weighted by Gasteiger charge is 2.44. The summed E-state index contributed by atoms with van der Waals surface area (Å²) in [5.41, 5.74) is 0. The molecule has 0 aromatic rings. The fraction of sp³-hybridized carbons (Fsp3) is 0.286. The van der Waals surface area contributed by atoms with E-state index < -0.39 is 0 Å². The molecule has 1 aliphatic carbocycles. The number of allylic oxidation sites excluding steroid dienone is 3. The summed E-state index contributed by atoms with van der Waals surface area (Å²) in [5, 5.41) is 0. The Kier molecular flexibility index (Phi) is 0.673. The van der Waals surface area contributed by atoms with Crippen LogP contribution in [0, 0.1) is 5.92 Å². The van der Waals surface area contributed by atoms with Crippen molar-refractivity contribution in [3.63, 3.8) is 0 Å². The van der Waals surface area contributed by atoms with Gasteiger partial charge in [0.25, 0.3) is 0 Å². The standard InChI is InChI=1S/C7H6O2/c1-2-4-3-5-7(9-5)6(4)8/h2,4H,1,3H2. The maximum atomic E-state index is 10.9. The molecule has 0 aromatic carbocycles. The normalized spacial score (nSPS) is 29.8. The Morgan fingerprint density at radius 1 is 1.78 bits per heavy atom. The van der Waals surface area contributed by atoms with E-state index in [1.165, 1.54) is 0 Å². The molecule has 0 bridgehead atoms. The van der Waals surface area contributed by atoms with Crippen molar-refractivity contribution in [2.75, 3.05) is 0 Å². The van der Waals surface area contributed by atoms with E-state index in [2.05, 4.69) is 6.58 Å². The molecule has 0 amide bonds. The largest absolute Gasteiger partial charge is 0.450 e. The number of Topliss-reactive ketones (excluding diaryl/α,β-unsaturated/α-hetero) is 1. The van der Waals surface area contributed by atoms with Gasteiger partial charge in [0.1, 0.15) is 0 Å². The van der Waals surface area contributed by atoms with E-state index in [4.69, 9.17) is 4.74 Å². The third-order valence-corrected chi connectivity index (χ3v) is 1.69. The van der Waals surface area contributed by atoms with Gasteiger partial charge in [-0.3, -0.25) is 4.79 Å². The van der Waals surface area contributed by atoms with Crippen LogP contribution in [0.3, 0.4) is 0 Å². The van der Waals surface area contributed by atoms with Crippen LogP contribution >= 0.6 is 0 Å². The predicted octanol–water partition coefficient (Wildman–Crippen LogP) is 1.00. The molecule has 0 N–H and O–H groups in total.